The van der Waals surface area contributed by atoms with Crippen LogP contribution in [0.2, 0.25) is 0 Å². The van der Waals surface area contributed by atoms with Gasteiger partial charge >= 0.3 is 5.97 Å². The lowest BCUT2D eigenvalue weighted by Crippen LogP contribution is -2.56. The van der Waals surface area contributed by atoms with Crippen LogP contribution in [0, 0.1) is 0 Å². The highest BCUT2D eigenvalue weighted by Gasteiger charge is 2.44. The molecule has 0 bridgehead atoms. The number of hydrogen-bond donors (Lipinski definition) is 2. The first-order valence-corrected chi connectivity index (χ1v) is 7.15. The molecule has 4 nitrogen and oxygen atoms in total. The largest absolute Gasteiger partial charge is 0.480 e. The van der Waals surface area contributed by atoms with Gasteiger partial charge in [-0.05, 0) is 31.3 Å². The van der Waals surface area contributed by atoms with Crippen molar-refractivity contribution in [1.82, 2.24) is 5.32 Å². The van der Waals surface area contributed by atoms with Crippen LogP contribution >= 0.6 is 27.3 Å². The molecule has 94 valence electrons. The van der Waals surface area contributed by atoms with Crippen molar-refractivity contribution in [3.05, 3.63) is 22.4 Å². The van der Waals surface area contributed by atoms with E-state index in [1.54, 1.807) is 17.5 Å². The number of thiophene rings is 1. The monoisotopic (exact) mass is 319 g/mol. The van der Waals surface area contributed by atoms with Crippen molar-refractivity contribution in [2.45, 2.75) is 18.4 Å². The third-order valence-electron chi connectivity index (χ3n) is 2.61. The molecule has 1 rings (SSSR count). The molecular formula is C11H14BrNO3S. The van der Waals surface area contributed by atoms with E-state index in [1.807, 2.05) is 0 Å². The molecule has 0 aliphatic rings. The van der Waals surface area contributed by atoms with Crippen LogP contribution in [0.15, 0.2) is 17.5 Å². The fourth-order valence-electron chi connectivity index (χ4n) is 1.61. The molecule has 0 aliphatic heterocycles. The third kappa shape index (κ3) is 2.94. The van der Waals surface area contributed by atoms with E-state index in [4.69, 9.17) is 0 Å². The average molecular weight is 320 g/mol. The Hall–Kier alpha value is -0.720. The van der Waals surface area contributed by atoms with E-state index < -0.39 is 11.5 Å². The van der Waals surface area contributed by atoms with E-state index in [0.29, 0.717) is 16.6 Å². The molecule has 0 fully saturated rings. The SMILES string of the molecule is CNC(CCCBr)(C(=O)O)C(=O)c1cccs1. The Morgan fingerprint density at radius 3 is 2.71 bits per heavy atom. The van der Waals surface area contributed by atoms with E-state index in [-0.39, 0.29) is 12.2 Å². The molecule has 0 aromatic carbocycles. The predicted octanol–water partition coefficient (Wildman–Crippen LogP) is 2.15. The highest BCUT2D eigenvalue weighted by atomic mass is 79.9. The molecule has 0 amide bonds. The van der Waals surface area contributed by atoms with Gasteiger partial charge in [0.2, 0.25) is 5.78 Å². The number of carboxylic acid groups (broad SMARTS) is 1. The number of Topliss-reactive ketones (excluding diaryl/α,β-unsaturated/α-hetero) is 1. The van der Waals surface area contributed by atoms with Crippen LogP contribution in [-0.2, 0) is 4.79 Å². The number of halogens is 1. The molecule has 1 atom stereocenters. The number of hydrogen-bond acceptors (Lipinski definition) is 4. The average Bonchev–Trinajstić information content (AvgIpc) is 2.83. The molecule has 1 unspecified atom stereocenters. The lowest BCUT2D eigenvalue weighted by Gasteiger charge is -2.26. The maximum Gasteiger partial charge on any atom is 0.332 e. The van der Waals surface area contributed by atoms with Crippen LogP contribution in [0.4, 0.5) is 0 Å². The number of ketones is 1. The van der Waals surface area contributed by atoms with E-state index in [9.17, 15) is 14.7 Å². The van der Waals surface area contributed by atoms with Gasteiger partial charge in [-0.25, -0.2) is 4.79 Å². The second-order valence-corrected chi connectivity index (χ2v) is 5.30. The molecule has 6 heteroatoms. The van der Waals surface area contributed by atoms with Crippen LogP contribution in [0.5, 0.6) is 0 Å². The van der Waals surface area contributed by atoms with Crippen LogP contribution in [0.1, 0.15) is 22.5 Å². The highest BCUT2D eigenvalue weighted by Crippen LogP contribution is 2.23. The van der Waals surface area contributed by atoms with Gasteiger partial charge in [-0.1, -0.05) is 22.0 Å². The smallest absolute Gasteiger partial charge is 0.332 e. The van der Waals surface area contributed by atoms with Crippen LogP contribution < -0.4 is 5.32 Å². The van der Waals surface area contributed by atoms with E-state index in [0.717, 1.165) is 0 Å². The standard InChI is InChI=1S/C11H14BrNO3S/c1-13-11(10(15)16,5-3-6-12)9(14)8-4-2-7-17-8/h2,4,7,13H,3,5-6H2,1H3,(H,15,16). The number of alkyl halides is 1. The summed E-state index contributed by atoms with van der Waals surface area (Å²) in [5, 5.41) is 14.4. The molecule has 0 saturated heterocycles. The van der Waals surface area contributed by atoms with Crippen molar-refractivity contribution in [2.75, 3.05) is 12.4 Å². The molecule has 2 N–H and O–H groups in total. The van der Waals surface area contributed by atoms with Crippen LogP contribution in [0.25, 0.3) is 0 Å². The Balaban J connectivity index is 3.04. The normalized spacial score (nSPS) is 14.2. The van der Waals surface area contributed by atoms with Crippen LogP contribution in [-0.4, -0.2) is 34.8 Å². The molecule has 1 heterocycles. The number of aliphatic carboxylic acids is 1. The van der Waals surface area contributed by atoms with Crippen molar-refractivity contribution in [2.24, 2.45) is 0 Å². The van der Waals surface area contributed by atoms with E-state index in [2.05, 4.69) is 21.2 Å². The molecule has 17 heavy (non-hydrogen) atoms. The lowest BCUT2D eigenvalue weighted by molar-refractivity contribution is -0.142. The summed E-state index contributed by atoms with van der Waals surface area (Å²) in [4.78, 5) is 24.1. The Morgan fingerprint density at radius 1 is 1.59 bits per heavy atom. The van der Waals surface area contributed by atoms with Gasteiger partial charge in [-0.2, -0.15) is 0 Å². The lowest BCUT2D eigenvalue weighted by atomic mass is 9.88. The maximum absolute atomic E-state index is 12.3. The summed E-state index contributed by atoms with van der Waals surface area (Å²) in [6.45, 7) is 0. The highest BCUT2D eigenvalue weighted by molar-refractivity contribution is 9.09. The number of carboxylic acids is 1. The number of carbonyl (C=O) groups excluding carboxylic acids is 1. The first-order chi connectivity index (χ1) is 8.08. The quantitative estimate of drug-likeness (QED) is 0.459. The van der Waals surface area contributed by atoms with Crippen molar-refractivity contribution >= 4 is 39.0 Å². The zero-order chi connectivity index (χ0) is 12.9. The van der Waals surface area contributed by atoms with Gasteiger partial charge in [0, 0.05) is 5.33 Å². The van der Waals surface area contributed by atoms with Crippen molar-refractivity contribution in [1.29, 1.82) is 0 Å². The topological polar surface area (TPSA) is 66.4 Å². The first-order valence-electron chi connectivity index (χ1n) is 5.15. The summed E-state index contributed by atoms with van der Waals surface area (Å²) >= 11 is 4.51. The van der Waals surface area contributed by atoms with Crippen molar-refractivity contribution in [3.8, 4) is 0 Å². The van der Waals surface area contributed by atoms with Gasteiger partial charge < -0.3 is 5.11 Å². The number of carbonyl (C=O) groups is 2. The summed E-state index contributed by atoms with van der Waals surface area (Å²) in [5.41, 5.74) is -1.52. The second kappa shape index (κ2) is 6.28. The predicted molar refractivity (Wildman–Crippen MR) is 71.1 cm³/mol. The van der Waals surface area contributed by atoms with Crippen molar-refractivity contribution in [3.63, 3.8) is 0 Å². The summed E-state index contributed by atoms with van der Waals surface area (Å²) in [5.74, 6) is -1.50. The molecule has 0 saturated carbocycles. The molecule has 1 aromatic rings. The van der Waals surface area contributed by atoms with Gasteiger partial charge in [0.1, 0.15) is 0 Å². The molecule has 1 aromatic heterocycles. The van der Waals surface area contributed by atoms with Crippen molar-refractivity contribution < 1.29 is 14.7 Å². The maximum atomic E-state index is 12.3. The van der Waals surface area contributed by atoms with Gasteiger partial charge in [0.25, 0.3) is 0 Å². The zero-order valence-corrected chi connectivity index (χ0v) is 11.8. The fraction of sp³-hybridized carbons (Fsp3) is 0.455. The molecule has 0 radical (unpaired) electrons. The first kappa shape index (κ1) is 14.3. The van der Waals surface area contributed by atoms with Gasteiger partial charge in [-0.3, -0.25) is 10.1 Å². The summed E-state index contributed by atoms with van der Waals surface area (Å²) in [7, 11) is 1.51. The Morgan fingerprint density at radius 2 is 2.29 bits per heavy atom. The summed E-state index contributed by atoms with van der Waals surface area (Å²) < 4.78 is 0. The van der Waals surface area contributed by atoms with E-state index >= 15 is 0 Å². The molecular weight excluding hydrogens is 306 g/mol. The minimum atomic E-state index is -1.52. The number of likely N-dealkylation sites (N-methyl/N-ethyl adjacent to an activating group) is 1. The Bertz CT molecular complexity index is 393. The Labute approximate surface area is 112 Å². The number of nitrogens with one attached hydrogen (secondary N) is 1. The third-order valence-corrected chi connectivity index (χ3v) is 4.04. The molecule has 0 spiro atoms. The fourth-order valence-corrected chi connectivity index (χ4v) is 2.64. The van der Waals surface area contributed by atoms with Gasteiger partial charge in [0.15, 0.2) is 5.54 Å². The summed E-state index contributed by atoms with van der Waals surface area (Å²) in [6.07, 6.45) is 0.880. The molecule has 0 aliphatic carbocycles. The van der Waals surface area contributed by atoms with Crippen LogP contribution in [0.3, 0.4) is 0 Å². The number of rotatable bonds is 7. The van der Waals surface area contributed by atoms with Gasteiger partial charge in [-0.15, -0.1) is 11.3 Å². The second-order valence-electron chi connectivity index (χ2n) is 3.56. The zero-order valence-electron chi connectivity index (χ0n) is 9.40. The Kier molecular flexibility index (Phi) is 5.30. The van der Waals surface area contributed by atoms with E-state index in [1.165, 1.54) is 18.4 Å². The van der Waals surface area contributed by atoms with Gasteiger partial charge in [0.05, 0.1) is 4.88 Å². The summed E-state index contributed by atoms with van der Waals surface area (Å²) in [6, 6.07) is 3.39. The minimum Gasteiger partial charge on any atom is -0.480 e. The minimum absolute atomic E-state index is 0.265.